The first-order chi connectivity index (χ1) is 22.3. The predicted octanol–water partition coefficient (Wildman–Crippen LogP) is 5.14. The molecule has 2 heterocycles. The van der Waals surface area contributed by atoms with Gasteiger partial charge in [0.1, 0.15) is 23.1 Å². The summed E-state index contributed by atoms with van der Waals surface area (Å²) in [6.07, 6.45) is 1.01. The molecule has 0 saturated carbocycles. The third-order valence-corrected chi connectivity index (χ3v) is 9.11. The zero-order valence-corrected chi connectivity index (χ0v) is 28.1. The molecule has 1 fully saturated rings. The van der Waals surface area contributed by atoms with Gasteiger partial charge >= 0.3 is 16.2 Å². The molecule has 1 aliphatic heterocycles. The van der Waals surface area contributed by atoms with Gasteiger partial charge in [-0.25, -0.2) is 9.78 Å². The van der Waals surface area contributed by atoms with Crippen molar-refractivity contribution in [3.63, 3.8) is 0 Å². The molecule has 0 radical (unpaired) electrons. The summed E-state index contributed by atoms with van der Waals surface area (Å²) in [5.74, 6) is 0.679. The van der Waals surface area contributed by atoms with Crippen molar-refractivity contribution in [2.24, 2.45) is 0 Å². The Bertz CT molecular complexity index is 1810. The van der Waals surface area contributed by atoms with E-state index in [1.807, 2.05) is 30.3 Å². The second kappa shape index (κ2) is 13.9. The summed E-state index contributed by atoms with van der Waals surface area (Å²) in [5.41, 5.74) is 1.01. The van der Waals surface area contributed by atoms with Crippen molar-refractivity contribution in [1.29, 1.82) is 0 Å². The maximum atomic E-state index is 14.0. The molecule has 0 N–H and O–H groups in total. The highest BCUT2D eigenvalue weighted by Gasteiger charge is 2.34. The highest BCUT2D eigenvalue weighted by molar-refractivity contribution is 7.87. The Hall–Kier alpha value is -4.84. The molecule has 0 aliphatic carbocycles. The Kier molecular flexibility index (Phi) is 9.90. The topological polar surface area (TPSA) is 119 Å². The number of likely N-dealkylation sites (N-methyl/N-ethyl adjacent to an activating group) is 1. The average molecular weight is 661 g/mol. The summed E-state index contributed by atoms with van der Waals surface area (Å²) in [7, 11) is -1.04. The first kappa shape index (κ1) is 33.5. The first-order valence-electron chi connectivity index (χ1n) is 15.4. The number of rotatable bonds is 9. The molecule has 2 amide bonds. The molecule has 1 saturated heterocycles. The second-order valence-corrected chi connectivity index (χ2v) is 13.8. The van der Waals surface area contributed by atoms with E-state index in [-0.39, 0.29) is 23.1 Å². The average Bonchev–Trinajstić information content (AvgIpc) is 3.06. The van der Waals surface area contributed by atoms with Gasteiger partial charge in [0.15, 0.2) is 0 Å². The van der Waals surface area contributed by atoms with Crippen LogP contribution in [0.15, 0.2) is 90.1 Å². The lowest BCUT2D eigenvalue weighted by Crippen LogP contribution is -2.56. The van der Waals surface area contributed by atoms with Crippen molar-refractivity contribution in [3.8, 4) is 11.5 Å². The van der Waals surface area contributed by atoms with Crippen LogP contribution in [0.25, 0.3) is 10.8 Å². The molecule has 1 atom stereocenters. The second-order valence-electron chi connectivity index (χ2n) is 12.3. The quantitative estimate of drug-likeness (QED) is 0.225. The minimum absolute atomic E-state index is 0.0986. The first-order valence-corrected chi connectivity index (χ1v) is 16.8. The molecule has 5 rings (SSSR count). The molecule has 248 valence electrons. The van der Waals surface area contributed by atoms with E-state index in [9.17, 15) is 18.0 Å². The van der Waals surface area contributed by atoms with Crippen LogP contribution in [0.2, 0.25) is 0 Å². The maximum Gasteiger partial charge on any atom is 0.410 e. The summed E-state index contributed by atoms with van der Waals surface area (Å²) in [6, 6.07) is 22.2. The standard InChI is InChI=1S/C35H40N4O7S/c1-35(2,3)45-34(41)37(4)31(33(40)39-22-20-38(21-23-39)27-12-16-28(44-5)17-13-27)24-25-10-14-29(15-11-25)46-47(42,43)32-30-9-7-6-8-26(30)18-19-36-32/h6-19,31H,20-24H2,1-5H3/t31-/m0/s1. The minimum atomic E-state index is -4.23. The van der Waals surface area contributed by atoms with Crippen LogP contribution in [0, 0.1) is 0 Å². The van der Waals surface area contributed by atoms with Gasteiger partial charge in [-0.2, -0.15) is 8.42 Å². The number of nitrogens with zero attached hydrogens (tertiary/aromatic N) is 4. The number of ether oxygens (including phenoxy) is 2. The van der Waals surface area contributed by atoms with Gasteiger partial charge in [-0.05, 0) is 74.2 Å². The van der Waals surface area contributed by atoms with Crippen LogP contribution < -0.4 is 13.8 Å². The van der Waals surface area contributed by atoms with Gasteiger partial charge in [-0.1, -0.05) is 36.4 Å². The maximum absolute atomic E-state index is 14.0. The fraction of sp³-hybridized carbons (Fsp3) is 0.343. The number of anilines is 1. The summed E-state index contributed by atoms with van der Waals surface area (Å²) >= 11 is 0. The SMILES string of the molecule is COc1ccc(N2CCN(C(=O)[C@H](Cc3ccc(OS(=O)(=O)c4nccc5ccccc45)cc3)N(C)C(=O)OC(C)(C)C)CC2)cc1. The Morgan fingerprint density at radius 3 is 2.17 bits per heavy atom. The minimum Gasteiger partial charge on any atom is -0.497 e. The van der Waals surface area contributed by atoms with Crippen molar-refractivity contribution in [1.82, 2.24) is 14.8 Å². The predicted molar refractivity (Wildman–Crippen MR) is 179 cm³/mol. The van der Waals surface area contributed by atoms with Gasteiger partial charge in [0, 0.05) is 56.9 Å². The number of methoxy groups -OCH3 is 1. The molecule has 12 heteroatoms. The lowest BCUT2D eigenvalue weighted by atomic mass is 10.0. The van der Waals surface area contributed by atoms with Gasteiger partial charge in [0.2, 0.25) is 10.9 Å². The van der Waals surface area contributed by atoms with E-state index in [4.69, 9.17) is 13.7 Å². The Labute approximate surface area is 275 Å². The summed E-state index contributed by atoms with van der Waals surface area (Å²) in [4.78, 5) is 36.5. The van der Waals surface area contributed by atoms with Crippen LogP contribution in [-0.2, 0) is 26.1 Å². The summed E-state index contributed by atoms with van der Waals surface area (Å²) < 4.78 is 42.6. The van der Waals surface area contributed by atoms with Gasteiger partial charge in [-0.3, -0.25) is 9.69 Å². The lowest BCUT2D eigenvalue weighted by Gasteiger charge is -2.39. The monoisotopic (exact) mass is 660 g/mol. The largest absolute Gasteiger partial charge is 0.497 e. The van der Waals surface area contributed by atoms with Crippen molar-refractivity contribution in [2.75, 3.05) is 45.2 Å². The molecule has 11 nitrogen and oxygen atoms in total. The van der Waals surface area contributed by atoms with Crippen LogP contribution >= 0.6 is 0 Å². The highest BCUT2D eigenvalue weighted by Crippen LogP contribution is 2.26. The van der Waals surface area contributed by atoms with Crippen molar-refractivity contribution >= 4 is 38.6 Å². The van der Waals surface area contributed by atoms with Gasteiger partial charge in [0.25, 0.3) is 0 Å². The van der Waals surface area contributed by atoms with E-state index in [0.29, 0.717) is 37.1 Å². The van der Waals surface area contributed by atoms with Gasteiger partial charge < -0.3 is 23.5 Å². The van der Waals surface area contributed by atoms with Gasteiger partial charge in [-0.15, -0.1) is 0 Å². The normalized spacial score (nSPS) is 14.4. The zero-order valence-electron chi connectivity index (χ0n) is 27.3. The third kappa shape index (κ3) is 8.12. The van der Waals surface area contributed by atoms with Crippen molar-refractivity contribution < 1.29 is 31.7 Å². The number of hydrogen-bond acceptors (Lipinski definition) is 9. The van der Waals surface area contributed by atoms with E-state index in [1.165, 1.54) is 23.2 Å². The van der Waals surface area contributed by atoms with E-state index < -0.39 is 27.9 Å². The lowest BCUT2D eigenvalue weighted by molar-refractivity contribution is -0.136. The molecule has 1 aliphatic rings. The molecule has 0 spiro atoms. The van der Waals surface area contributed by atoms with E-state index in [2.05, 4.69) is 9.88 Å². The molecule has 0 unspecified atom stereocenters. The molecule has 1 aromatic heterocycles. The number of fused-ring (bicyclic) bond motifs is 1. The van der Waals surface area contributed by atoms with Crippen LogP contribution in [-0.4, -0.2) is 87.2 Å². The fourth-order valence-corrected chi connectivity index (χ4v) is 6.49. The molecular weight excluding hydrogens is 620 g/mol. The summed E-state index contributed by atoms with van der Waals surface area (Å²) in [6.45, 7) is 7.55. The zero-order chi connectivity index (χ0) is 33.8. The number of amides is 2. The van der Waals surface area contributed by atoms with Crippen molar-refractivity contribution in [2.45, 2.75) is 43.9 Å². The number of benzene rings is 3. The van der Waals surface area contributed by atoms with Crippen molar-refractivity contribution in [3.05, 3.63) is 90.6 Å². The molecule has 0 bridgehead atoms. The number of aromatic nitrogens is 1. The Balaban J connectivity index is 1.31. The fourth-order valence-electron chi connectivity index (χ4n) is 5.40. The number of pyridine rings is 1. The van der Waals surface area contributed by atoms with Crippen LogP contribution in [0.4, 0.5) is 10.5 Å². The number of carbonyl (C=O) groups is 2. The highest BCUT2D eigenvalue weighted by atomic mass is 32.2. The molecule has 3 aromatic carbocycles. The number of carbonyl (C=O) groups excluding carboxylic acids is 2. The molecule has 47 heavy (non-hydrogen) atoms. The van der Waals surface area contributed by atoms with E-state index in [0.717, 1.165) is 16.8 Å². The molecule has 4 aromatic rings. The van der Waals surface area contributed by atoms with E-state index in [1.54, 1.807) is 76.2 Å². The molecular formula is C35H40N4O7S. The van der Waals surface area contributed by atoms with Crippen LogP contribution in [0.1, 0.15) is 26.3 Å². The number of piperazine rings is 1. The van der Waals surface area contributed by atoms with Crippen LogP contribution in [0.5, 0.6) is 11.5 Å². The third-order valence-electron chi connectivity index (χ3n) is 7.90. The Morgan fingerprint density at radius 1 is 0.894 bits per heavy atom. The Morgan fingerprint density at radius 2 is 1.53 bits per heavy atom. The summed E-state index contributed by atoms with van der Waals surface area (Å²) in [5, 5.41) is 1.02. The smallest absolute Gasteiger partial charge is 0.410 e. The van der Waals surface area contributed by atoms with Crippen LogP contribution in [0.3, 0.4) is 0 Å². The van der Waals surface area contributed by atoms with E-state index >= 15 is 0 Å². The van der Waals surface area contributed by atoms with Gasteiger partial charge in [0.05, 0.1) is 7.11 Å². The number of hydrogen-bond donors (Lipinski definition) is 0.